The van der Waals surface area contributed by atoms with E-state index in [-0.39, 0.29) is 27.4 Å². The van der Waals surface area contributed by atoms with Gasteiger partial charge >= 0.3 is 5.00 Å². The number of carbonyl (C=O) groups excluding carboxylic acids is 2. The highest BCUT2D eigenvalue weighted by Crippen LogP contribution is 2.28. The third-order valence-electron chi connectivity index (χ3n) is 5.28. The van der Waals surface area contributed by atoms with Gasteiger partial charge in [0.2, 0.25) is 5.95 Å². The van der Waals surface area contributed by atoms with Gasteiger partial charge in [0.05, 0.1) is 27.1 Å². The molecule has 0 aliphatic carbocycles. The summed E-state index contributed by atoms with van der Waals surface area (Å²) >= 11 is 0.733. The SMILES string of the molecule is CCC(=O)c1ccn(-c2nc(NC(=O)c3ccc([N+](=O)[O-])s3)c3cnn(-c4ccc(F)cc4)c3n2)c1. The lowest BCUT2D eigenvalue weighted by Gasteiger charge is -2.09. The Kier molecular flexibility index (Phi) is 5.82. The van der Waals surface area contributed by atoms with E-state index in [1.54, 1.807) is 25.4 Å². The second-order valence-corrected chi connectivity index (χ2v) is 8.64. The number of rotatable bonds is 7. The molecular weight excluding hydrogens is 489 g/mol. The quantitative estimate of drug-likeness (QED) is 0.194. The lowest BCUT2D eigenvalue weighted by molar-refractivity contribution is -0.380. The molecule has 0 spiro atoms. The molecule has 13 heteroatoms. The highest BCUT2D eigenvalue weighted by atomic mass is 32.1. The van der Waals surface area contributed by atoms with Crippen LogP contribution in [0.4, 0.5) is 15.2 Å². The number of nitrogens with one attached hydrogen (secondary N) is 1. The van der Waals surface area contributed by atoms with Crippen LogP contribution in [0.5, 0.6) is 0 Å². The number of hydrogen-bond acceptors (Lipinski definition) is 8. The fourth-order valence-corrected chi connectivity index (χ4v) is 4.20. The Morgan fingerprint density at radius 1 is 1.14 bits per heavy atom. The molecule has 180 valence electrons. The van der Waals surface area contributed by atoms with Gasteiger partial charge in [-0.15, -0.1) is 0 Å². The van der Waals surface area contributed by atoms with E-state index in [0.29, 0.717) is 28.7 Å². The number of amides is 1. The van der Waals surface area contributed by atoms with Crippen LogP contribution in [0, 0.1) is 15.9 Å². The van der Waals surface area contributed by atoms with E-state index in [2.05, 4.69) is 20.4 Å². The van der Waals surface area contributed by atoms with Crippen LogP contribution in [-0.4, -0.2) is 40.9 Å². The van der Waals surface area contributed by atoms with Gasteiger partial charge in [-0.05, 0) is 36.4 Å². The number of ketones is 1. The summed E-state index contributed by atoms with van der Waals surface area (Å²) in [6.07, 6.45) is 4.99. The Morgan fingerprint density at radius 2 is 1.92 bits per heavy atom. The Bertz CT molecular complexity index is 1640. The van der Waals surface area contributed by atoms with Crippen molar-refractivity contribution in [3.63, 3.8) is 0 Å². The molecule has 4 aromatic heterocycles. The van der Waals surface area contributed by atoms with Gasteiger partial charge in [0.25, 0.3) is 5.91 Å². The summed E-state index contributed by atoms with van der Waals surface area (Å²) in [4.78, 5) is 44.6. The molecule has 5 rings (SSSR count). The number of thiophene rings is 1. The minimum Gasteiger partial charge on any atom is -0.305 e. The van der Waals surface area contributed by atoms with Crippen molar-refractivity contribution >= 4 is 44.9 Å². The molecule has 0 aliphatic rings. The highest BCUT2D eigenvalue weighted by molar-refractivity contribution is 7.17. The molecule has 0 saturated carbocycles. The molecule has 0 fully saturated rings. The fourth-order valence-electron chi connectivity index (χ4n) is 3.49. The van der Waals surface area contributed by atoms with Gasteiger partial charge in [-0.3, -0.25) is 24.3 Å². The summed E-state index contributed by atoms with van der Waals surface area (Å²) in [5.41, 5.74) is 1.32. The molecule has 0 bridgehead atoms. The van der Waals surface area contributed by atoms with Crippen LogP contribution in [0.15, 0.2) is 61.1 Å². The summed E-state index contributed by atoms with van der Waals surface area (Å²) < 4.78 is 16.5. The van der Waals surface area contributed by atoms with Crippen molar-refractivity contribution in [1.29, 1.82) is 0 Å². The molecule has 0 atom stereocenters. The van der Waals surface area contributed by atoms with Crippen LogP contribution in [0.2, 0.25) is 0 Å². The first kappa shape index (κ1) is 23.0. The van der Waals surface area contributed by atoms with Crippen LogP contribution in [-0.2, 0) is 0 Å². The van der Waals surface area contributed by atoms with E-state index < -0.39 is 16.6 Å². The van der Waals surface area contributed by atoms with Crippen LogP contribution < -0.4 is 5.32 Å². The zero-order valence-corrected chi connectivity index (χ0v) is 19.4. The number of nitro groups is 1. The smallest absolute Gasteiger partial charge is 0.305 e. The number of hydrogen-bond donors (Lipinski definition) is 1. The molecule has 0 saturated heterocycles. The second kappa shape index (κ2) is 9.11. The molecule has 5 aromatic rings. The number of aromatic nitrogens is 5. The largest absolute Gasteiger partial charge is 0.324 e. The highest BCUT2D eigenvalue weighted by Gasteiger charge is 2.20. The average Bonchev–Trinajstić information content (AvgIpc) is 3.63. The Morgan fingerprint density at radius 3 is 2.61 bits per heavy atom. The van der Waals surface area contributed by atoms with E-state index in [1.165, 1.54) is 51.8 Å². The summed E-state index contributed by atoms with van der Waals surface area (Å²) in [7, 11) is 0. The van der Waals surface area contributed by atoms with Gasteiger partial charge in [-0.25, -0.2) is 9.07 Å². The number of Topliss-reactive ketones (excluding diaryl/α,β-unsaturated/α-hetero) is 1. The van der Waals surface area contributed by atoms with Gasteiger partial charge < -0.3 is 5.32 Å². The Hall–Kier alpha value is -4.78. The fraction of sp³-hybridized carbons (Fsp3) is 0.0870. The summed E-state index contributed by atoms with van der Waals surface area (Å²) in [6, 6.07) is 9.87. The van der Waals surface area contributed by atoms with E-state index in [1.807, 2.05) is 0 Å². The summed E-state index contributed by atoms with van der Waals surface area (Å²) in [5, 5.41) is 18.2. The molecule has 1 N–H and O–H groups in total. The van der Waals surface area contributed by atoms with Gasteiger partial charge in [-0.1, -0.05) is 18.3 Å². The summed E-state index contributed by atoms with van der Waals surface area (Å²) in [5.74, 6) is -0.804. The van der Waals surface area contributed by atoms with E-state index in [4.69, 9.17) is 0 Å². The number of nitrogens with zero attached hydrogens (tertiary/aromatic N) is 6. The molecule has 1 amide bonds. The lowest BCUT2D eigenvalue weighted by Crippen LogP contribution is -2.14. The first-order valence-electron chi connectivity index (χ1n) is 10.6. The number of halogens is 1. The van der Waals surface area contributed by atoms with Crippen molar-refractivity contribution in [2.24, 2.45) is 0 Å². The third-order valence-corrected chi connectivity index (χ3v) is 6.32. The van der Waals surface area contributed by atoms with Crippen LogP contribution >= 0.6 is 11.3 Å². The monoisotopic (exact) mass is 505 g/mol. The Labute approximate surface area is 206 Å². The van der Waals surface area contributed by atoms with Crippen molar-refractivity contribution in [3.05, 3.63) is 87.4 Å². The van der Waals surface area contributed by atoms with Crippen molar-refractivity contribution in [1.82, 2.24) is 24.3 Å². The Balaban J connectivity index is 1.62. The first-order valence-corrected chi connectivity index (χ1v) is 11.4. The van der Waals surface area contributed by atoms with Gasteiger partial charge in [0.1, 0.15) is 11.6 Å². The maximum absolute atomic E-state index is 13.5. The molecule has 1 aromatic carbocycles. The van der Waals surface area contributed by atoms with Crippen LogP contribution in [0.25, 0.3) is 22.7 Å². The van der Waals surface area contributed by atoms with Crippen molar-refractivity contribution < 1.29 is 18.9 Å². The minimum absolute atomic E-state index is 0.0565. The van der Waals surface area contributed by atoms with Crippen molar-refractivity contribution in [2.75, 3.05) is 5.32 Å². The van der Waals surface area contributed by atoms with Crippen LogP contribution in [0.3, 0.4) is 0 Å². The van der Waals surface area contributed by atoms with E-state index in [9.17, 15) is 24.1 Å². The molecule has 0 unspecified atom stereocenters. The molecular formula is C23H16FN7O4S. The summed E-state index contributed by atoms with van der Waals surface area (Å²) in [6.45, 7) is 1.76. The van der Waals surface area contributed by atoms with Gasteiger partial charge in [0.15, 0.2) is 11.4 Å². The number of fused-ring (bicyclic) bond motifs is 1. The first-order chi connectivity index (χ1) is 17.3. The molecule has 0 aliphatic heterocycles. The zero-order chi connectivity index (χ0) is 25.4. The molecule has 11 nitrogen and oxygen atoms in total. The zero-order valence-electron chi connectivity index (χ0n) is 18.6. The van der Waals surface area contributed by atoms with Crippen molar-refractivity contribution in [3.8, 4) is 11.6 Å². The maximum atomic E-state index is 13.5. The standard InChI is InChI=1S/C23H16FN7O4S/c1-2-17(32)13-9-10-29(12-13)23-27-20(26-22(33)18-7-8-19(36-18)31(34)35)16-11-25-30(21(16)28-23)15-5-3-14(24)4-6-15/h3-12H,2H2,1H3,(H,26,27,28,33). The maximum Gasteiger partial charge on any atom is 0.324 e. The molecule has 0 radical (unpaired) electrons. The number of carbonyl (C=O) groups is 2. The van der Waals surface area contributed by atoms with Crippen LogP contribution in [0.1, 0.15) is 33.4 Å². The third kappa shape index (κ3) is 4.22. The minimum atomic E-state index is -0.595. The normalized spacial score (nSPS) is 11.1. The van der Waals surface area contributed by atoms with Crippen molar-refractivity contribution in [2.45, 2.75) is 13.3 Å². The number of benzene rings is 1. The predicted octanol–water partition coefficient (Wildman–Crippen LogP) is 4.56. The number of anilines is 1. The van der Waals surface area contributed by atoms with E-state index >= 15 is 0 Å². The lowest BCUT2D eigenvalue weighted by atomic mass is 10.2. The second-order valence-electron chi connectivity index (χ2n) is 7.58. The van der Waals surface area contributed by atoms with E-state index in [0.717, 1.165) is 11.3 Å². The molecule has 36 heavy (non-hydrogen) atoms. The topological polar surface area (TPSA) is 138 Å². The van der Waals surface area contributed by atoms with Gasteiger partial charge in [0, 0.05) is 30.4 Å². The van der Waals surface area contributed by atoms with Gasteiger partial charge in [-0.2, -0.15) is 15.1 Å². The molecule has 4 heterocycles. The average molecular weight is 505 g/mol. The predicted molar refractivity (Wildman–Crippen MR) is 129 cm³/mol.